The van der Waals surface area contributed by atoms with E-state index in [-0.39, 0.29) is 12.5 Å². The predicted octanol–water partition coefficient (Wildman–Crippen LogP) is 2.51. The molecule has 24 heavy (non-hydrogen) atoms. The molecule has 1 aliphatic heterocycles. The van der Waals surface area contributed by atoms with E-state index in [1.165, 1.54) is 12.8 Å². The van der Waals surface area contributed by atoms with Gasteiger partial charge in [0.2, 0.25) is 5.91 Å². The Kier molecular flexibility index (Phi) is 5.80. The van der Waals surface area contributed by atoms with Crippen LogP contribution in [-0.4, -0.2) is 30.6 Å². The van der Waals surface area contributed by atoms with E-state index in [4.69, 9.17) is 4.74 Å². The fraction of sp³-hybridized carbons (Fsp3) is 0.368. The molecule has 5 nitrogen and oxygen atoms in total. The van der Waals surface area contributed by atoms with E-state index < -0.39 is 0 Å². The highest BCUT2D eigenvalue weighted by Gasteiger charge is 2.13. The summed E-state index contributed by atoms with van der Waals surface area (Å²) in [5.41, 5.74) is 2.12. The van der Waals surface area contributed by atoms with E-state index in [9.17, 15) is 4.79 Å². The Morgan fingerprint density at radius 1 is 1.12 bits per heavy atom. The van der Waals surface area contributed by atoms with Crippen molar-refractivity contribution >= 4 is 11.7 Å². The van der Waals surface area contributed by atoms with Crippen molar-refractivity contribution in [1.29, 1.82) is 0 Å². The van der Waals surface area contributed by atoms with Crippen molar-refractivity contribution in [2.45, 2.75) is 26.0 Å². The molecule has 2 aromatic rings. The Morgan fingerprint density at radius 3 is 2.71 bits per heavy atom. The number of rotatable bonds is 7. The zero-order valence-electron chi connectivity index (χ0n) is 13.8. The molecule has 0 radical (unpaired) electrons. The minimum absolute atomic E-state index is 0.0684. The molecule has 0 atom stereocenters. The van der Waals surface area contributed by atoms with Gasteiger partial charge in [-0.25, -0.2) is 4.98 Å². The topological polar surface area (TPSA) is 54.5 Å². The summed E-state index contributed by atoms with van der Waals surface area (Å²) in [4.78, 5) is 18.6. The van der Waals surface area contributed by atoms with Crippen LogP contribution in [0.15, 0.2) is 48.7 Å². The molecule has 1 saturated heterocycles. The maximum atomic E-state index is 11.9. The van der Waals surface area contributed by atoms with E-state index in [1.54, 1.807) is 6.20 Å². The van der Waals surface area contributed by atoms with Gasteiger partial charge in [0, 0.05) is 25.8 Å². The van der Waals surface area contributed by atoms with Crippen LogP contribution in [0.4, 0.5) is 5.82 Å². The third-order valence-electron chi connectivity index (χ3n) is 4.07. The summed E-state index contributed by atoms with van der Waals surface area (Å²) in [7, 11) is 0. The van der Waals surface area contributed by atoms with Crippen molar-refractivity contribution in [3.63, 3.8) is 0 Å². The quantitative estimate of drug-likeness (QED) is 0.850. The molecule has 1 amide bonds. The van der Waals surface area contributed by atoms with Crippen LogP contribution in [0.2, 0.25) is 0 Å². The number of nitrogens with zero attached hydrogens (tertiary/aromatic N) is 2. The molecule has 0 bridgehead atoms. The first-order valence-electron chi connectivity index (χ1n) is 8.39. The van der Waals surface area contributed by atoms with Gasteiger partial charge in [-0.1, -0.05) is 30.3 Å². The van der Waals surface area contributed by atoms with Crippen LogP contribution in [0.3, 0.4) is 0 Å². The van der Waals surface area contributed by atoms with Crippen molar-refractivity contribution in [2.75, 3.05) is 24.6 Å². The lowest BCUT2D eigenvalue weighted by Gasteiger charge is -2.17. The highest BCUT2D eigenvalue weighted by atomic mass is 16.5. The molecule has 3 rings (SSSR count). The normalized spacial score (nSPS) is 13.9. The molecule has 0 spiro atoms. The van der Waals surface area contributed by atoms with Gasteiger partial charge in [-0.15, -0.1) is 0 Å². The molecule has 1 fully saturated rings. The van der Waals surface area contributed by atoms with Crippen molar-refractivity contribution in [3.8, 4) is 0 Å². The first-order valence-corrected chi connectivity index (χ1v) is 8.39. The Labute approximate surface area is 142 Å². The lowest BCUT2D eigenvalue weighted by molar-refractivity contribution is -0.126. The molecular formula is C19H23N3O2. The lowest BCUT2D eigenvalue weighted by Crippen LogP contribution is -2.27. The summed E-state index contributed by atoms with van der Waals surface area (Å²) in [5, 5.41) is 2.89. The number of carbonyl (C=O) groups is 1. The number of amides is 1. The van der Waals surface area contributed by atoms with Crippen LogP contribution in [0.1, 0.15) is 24.0 Å². The predicted molar refractivity (Wildman–Crippen MR) is 93.6 cm³/mol. The number of aromatic nitrogens is 1. The van der Waals surface area contributed by atoms with Crippen LogP contribution in [0, 0.1) is 0 Å². The summed E-state index contributed by atoms with van der Waals surface area (Å²) in [6, 6.07) is 13.8. The molecular weight excluding hydrogens is 302 g/mol. The number of hydrogen-bond acceptors (Lipinski definition) is 4. The molecule has 1 aliphatic rings. The zero-order valence-corrected chi connectivity index (χ0v) is 13.8. The number of benzene rings is 1. The van der Waals surface area contributed by atoms with Crippen LogP contribution in [-0.2, 0) is 22.7 Å². The summed E-state index contributed by atoms with van der Waals surface area (Å²) >= 11 is 0. The largest absolute Gasteiger partial charge is 0.367 e. The smallest absolute Gasteiger partial charge is 0.246 e. The third-order valence-corrected chi connectivity index (χ3v) is 4.07. The first-order chi connectivity index (χ1) is 11.8. The molecule has 2 heterocycles. The number of carbonyl (C=O) groups excluding carboxylic acids is 1. The van der Waals surface area contributed by atoms with Gasteiger partial charge in [-0.2, -0.15) is 0 Å². The number of hydrogen-bond donors (Lipinski definition) is 1. The first kappa shape index (κ1) is 16.5. The molecule has 5 heteroatoms. The van der Waals surface area contributed by atoms with Crippen molar-refractivity contribution < 1.29 is 9.53 Å². The van der Waals surface area contributed by atoms with Crippen LogP contribution >= 0.6 is 0 Å². The molecule has 126 valence electrons. The minimum atomic E-state index is -0.106. The maximum Gasteiger partial charge on any atom is 0.246 e. The average Bonchev–Trinajstić information content (AvgIpc) is 3.16. The Bertz CT molecular complexity index is 655. The highest BCUT2D eigenvalue weighted by Crippen LogP contribution is 2.18. The number of nitrogens with one attached hydrogen (secondary N) is 1. The van der Waals surface area contributed by atoms with Crippen LogP contribution in [0.25, 0.3) is 0 Å². The number of ether oxygens (including phenoxy) is 1. The fourth-order valence-electron chi connectivity index (χ4n) is 2.78. The van der Waals surface area contributed by atoms with Gasteiger partial charge in [0.25, 0.3) is 0 Å². The summed E-state index contributed by atoms with van der Waals surface area (Å²) in [6.45, 7) is 3.14. The van der Waals surface area contributed by atoms with Gasteiger partial charge >= 0.3 is 0 Å². The van der Waals surface area contributed by atoms with Gasteiger partial charge in [-0.3, -0.25) is 4.79 Å². The van der Waals surface area contributed by atoms with Crippen molar-refractivity contribution in [3.05, 3.63) is 59.8 Å². The highest BCUT2D eigenvalue weighted by molar-refractivity contribution is 5.77. The monoisotopic (exact) mass is 325 g/mol. The second kappa shape index (κ2) is 8.45. The van der Waals surface area contributed by atoms with E-state index in [0.717, 1.165) is 30.0 Å². The summed E-state index contributed by atoms with van der Waals surface area (Å²) in [5.74, 6) is 0.894. The summed E-state index contributed by atoms with van der Waals surface area (Å²) < 4.78 is 5.44. The van der Waals surface area contributed by atoms with Gasteiger partial charge in [0.15, 0.2) is 0 Å². The van der Waals surface area contributed by atoms with Crippen LogP contribution in [0.5, 0.6) is 0 Å². The van der Waals surface area contributed by atoms with E-state index >= 15 is 0 Å². The third kappa shape index (κ3) is 4.80. The molecule has 1 N–H and O–H groups in total. The van der Waals surface area contributed by atoms with Crippen molar-refractivity contribution in [2.24, 2.45) is 0 Å². The SMILES string of the molecule is O=C(COCc1ccccc1)NCc1ccnc(N2CCCC2)c1. The molecule has 0 aliphatic carbocycles. The van der Waals surface area contributed by atoms with Gasteiger partial charge < -0.3 is 15.0 Å². The lowest BCUT2D eigenvalue weighted by atomic mass is 10.2. The van der Waals surface area contributed by atoms with E-state index in [0.29, 0.717) is 13.2 Å². The number of anilines is 1. The van der Waals surface area contributed by atoms with Gasteiger partial charge in [-0.05, 0) is 36.1 Å². The molecule has 0 unspecified atom stereocenters. The zero-order chi connectivity index (χ0) is 16.6. The molecule has 0 saturated carbocycles. The standard InChI is InChI=1S/C19H23N3O2/c23-19(15-24-14-16-6-2-1-3-7-16)21-13-17-8-9-20-18(12-17)22-10-4-5-11-22/h1-3,6-9,12H,4-5,10-11,13-15H2,(H,21,23). The maximum absolute atomic E-state index is 11.9. The fourth-order valence-corrected chi connectivity index (χ4v) is 2.78. The van der Waals surface area contributed by atoms with Gasteiger partial charge in [0.1, 0.15) is 12.4 Å². The van der Waals surface area contributed by atoms with E-state index in [1.807, 2.05) is 36.4 Å². The second-order valence-electron chi connectivity index (χ2n) is 5.97. The average molecular weight is 325 g/mol. The Balaban J connectivity index is 1.42. The molecule has 1 aromatic carbocycles. The van der Waals surface area contributed by atoms with Gasteiger partial charge in [0.05, 0.1) is 6.61 Å². The molecule has 1 aromatic heterocycles. The second-order valence-corrected chi connectivity index (χ2v) is 5.97. The van der Waals surface area contributed by atoms with Crippen molar-refractivity contribution in [1.82, 2.24) is 10.3 Å². The Morgan fingerprint density at radius 2 is 1.92 bits per heavy atom. The minimum Gasteiger partial charge on any atom is -0.367 e. The van der Waals surface area contributed by atoms with Crippen LogP contribution < -0.4 is 10.2 Å². The van der Waals surface area contributed by atoms with E-state index in [2.05, 4.69) is 21.3 Å². The summed E-state index contributed by atoms with van der Waals surface area (Å²) in [6.07, 6.45) is 4.25. The number of pyridine rings is 1. The Hall–Kier alpha value is -2.40.